The Hall–Kier alpha value is -2.20. The Bertz CT molecular complexity index is 879. The van der Waals surface area contributed by atoms with Crippen LogP contribution in [0.3, 0.4) is 0 Å². The topological polar surface area (TPSA) is 64.4 Å². The van der Waals surface area contributed by atoms with Crippen LogP contribution in [0.25, 0.3) is 10.9 Å². The van der Waals surface area contributed by atoms with E-state index in [1.165, 1.54) is 0 Å². The van der Waals surface area contributed by atoms with Gasteiger partial charge in [0.05, 0.1) is 23.3 Å². The lowest BCUT2D eigenvalue weighted by molar-refractivity contribution is -0.0415. The van der Waals surface area contributed by atoms with Crippen LogP contribution in [0, 0.1) is 11.3 Å². The molecule has 2 aliphatic heterocycles. The highest BCUT2D eigenvalue weighted by molar-refractivity contribution is 5.95. The molecule has 1 aromatic heterocycles. The van der Waals surface area contributed by atoms with Crippen LogP contribution >= 0.6 is 0 Å². The van der Waals surface area contributed by atoms with Gasteiger partial charge in [0.2, 0.25) is 0 Å². The van der Waals surface area contributed by atoms with Gasteiger partial charge in [-0.15, -0.1) is 0 Å². The van der Waals surface area contributed by atoms with Crippen molar-refractivity contribution in [1.82, 2.24) is 15.2 Å². The molecule has 28 heavy (non-hydrogen) atoms. The fourth-order valence-corrected chi connectivity index (χ4v) is 4.48. The van der Waals surface area contributed by atoms with Gasteiger partial charge in [-0.05, 0) is 45.0 Å². The van der Waals surface area contributed by atoms with E-state index in [-0.39, 0.29) is 12.2 Å². The maximum absolute atomic E-state index is 9.42. The van der Waals surface area contributed by atoms with Crippen LogP contribution in [0.1, 0.15) is 26.3 Å². The van der Waals surface area contributed by atoms with E-state index >= 15 is 0 Å². The number of hydrogen-bond acceptors (Lipinski definition) is 6. The first-order chi connectivity index (χ1) is 13.5. The van der Waals surface area contributed by atoms with Crippen molar-refractivity contribution in [2.75, 3.05) is 37.6 Å². The molecule has 4 atom stereocenters. The number of hydrogen-bond donors (Lipinski definition) is 1. The molecule has 0 bridgehead atoms. The summed E-state index contributed by atoms with van der Waals surface area (Å²) in [6.45, 7) is 11.4. The Kier molecular flexibility index (Phi) is 5.49. The average molecular weight is 380 g/mol. The normalized spacial score (nSPS) is 29.0. The van der Waals surface area contributed by atoms with Crippen LogP contribution in [-0.2, 0) is 4.74 Å². The van der Waals surface area contributed by atoms with Gasteiger partial charge in [-0.1, -0.05) is 0 Å². The molecule has 6 nitrogen and oxygen atoms in total. The van der Waals surface area contributed by atoms with Gasteiger partial charge >= 0.3 is 0 Å². The zero-order valence-electron chi connectivity index (χ0n) is 16.9. The van der Waals surface area contributed by atoms with Crippen molar-refractivity contribution in [1.29, 1.82) is 5.26 Å². The first kappa shape index (κ1) is 19.1. The zero-order valence-corrected chi connectivity index (χ0v) is 16.9. The largest absolute Gasteiger partial charge is 0.370 e. The van der Waals surface area contributed by atoms with Crippen molar-refractivity contribution in [3.63, 3.8) is 0 Å². The monoisotopic (exact) mass is 379 g/mol. The first-order valence-electron chi connectivity index (χ1n) is 10.2. The third kappa shape index (κ3) is 3.83. The predicted molar refractivity (Wildman–Crippen MR) is 112 cm³/mol. The quantitative estimate of drug-likeness (QED) is 0.883. The van der Waals surface area contributed by atoms with Gasteiger partial charge in [0.25, 0.3) is 0 Å². The average Bonchev–Trinajstić information content (AvgIpc) is 2.69. The van der Waals surface area contributed by atoms with Crippen LogP contribution < -0.4 is 10.2 Å². The zero-order chi connectivity index (χ0) is 19.7. The lowest BCUT2D eigenvalue weighted by Crippen LogP contribution is -2.58. The molecule has 6 heteroatoms. The maximum Gasteiger partial charge on any atom is 0.101 e. The Morgan fingerprint density at radius 1 is 1.21 bits per heavy atom. The highest BCUT2D eigenvalue weighted by Crippen LogP contribution is 2.30. The number of aromatic nitrogens is 1. The van der Waals surface area contributed by atoms with Crippen LogP contribution in [0.4, 0.5) is 5.69 Å². The van der Waals surface area contributed by atoms with Gasteiger partial charge in [-0.3, -0.25) is 9.88 Å². The second-order valence-corrected chi connectivity index (χ2v) is 8.23. The minimum Gasteiger partial charge on any atom is -0.370 e. The lowest BCUT2D eigenvalue weighted by Gasteiger charge is -2.43. The van der Waals surface area contributed by atoms with Gasteiger partial charge in [-0.2, -0.15) is 5.26 Å². The molecular formula is C22H29N5O. The number of rotatable bonds is 3. The molecule has 2 aliphatic rings. The number of nitriles is 1. The second-order valence-electron chi connectivity index (χ2n) is 8.23. The molecule has 2 saturated heterocycles. The van der Waals surface area contributed by atoms with Gasteiger partial charge in [0, 0.05) is 62.1 Å². The molecule has 2 fully saturated rings. The third-order valence-corrected chi connectivity index (χ3v) is 5.87. The number of pyridine rings is 1. The minimum atomic E-state index is 0.164. The first-order valence-corrected chi connectivity index (χ1v) is 10.2. The van der Waals surface area contributed by atoms with E-state index in [0.29, 0.717) is 17.6 Å². The summed E-state index contributed by atoms with van der Waals surface area (Å²) in [5, 5.41) is 14.0. The van der Waals surface area contributed by atoms with Gasteiger partial charge in [0.15, 0.2) is 0 Å². The van der Waals surface area contributed by atoms with E-state index < -0.39 is 0 Å². The van der Waals surface area contributed by atoms with Crippen molar-refractivity contribution in [3.8, 4) is 6.07 Å². The highest BCUT2D eigenvalue weighted by atomic mass is 16.5. The summed E-state index contributed by atoms with van der Waals surface area (Å²) in [4.78, 5) is 9.41. The lowest BCUT2D eigenvalue weighted by atomic mass is 10.1. The Morgan fingerprint density at radius 3 is 2.89 bits per heavy atom. The molecular weight excluding hydrogens is 350 g/mol. The predicted octanol–water partition coefficient (Wildman–Crippen LogP) is 2.38. The van der Waals surface area contributed by atoms with Crippen LogP contribution in [-0.4, -0.2) is 66.9 Å². The smallest absolute Gasteiger partial charge is 0.101 e. The van der Waals surface area contributed by atoms with Crippen LogP contribution in [0.5, 0.6) is 0 Å². The molecule has 4 rings (SSSR count). The highest BCUT2D eigenvalue weighted by Gasteiger charge is 2.31. The molecule has 2 aromatic rings. The number of anilines is 1. The summed E-state index contributed by atoms with van der Waals surface area (Å²) < 4.78 is 6.31. The fourth-order valence-electron chi connectivity index (χ4n) is 4.48. The van der Waals surface area contributed by atoms with E-state index in [1.54, 1.807) is 6.20 Å². The van der Waals surface area contributed by atoms with Crippen LogP contribution in [0.15, 0.2) is 30.5 Å². The molecule has 1 unspecified atom stereocenters. The molecule has 0 amide bonds. The summed E-state index contributed by atoms with van der Waals surface area (Å²) in [6, 6.07) is 11.3. The van der Waals surface area contributed by atoms with E-state index in [4.69, 9.17) is 4.74 Å². The number of piperazine rings is 1. The van der Waals surface area contributed by atoms with E-state index in [0.717, 1.165) is 49.3 Å². The van der Waals surface area contributed by atoms with Crippen LogP contribution in [0.2, 0.25) is 0 Å². The summed E-state index contributed by atoms with van der Waals surface area (Å²) in [6.07, 6.45) is 2.08. The summed E-state index contributed by atoms with van der Waals surface area (Å²) >= 11 is 0. The molecule has 148 valence electrons. The molecule has 0 radical (unpaired) electrons. The minimum absolute atomic E-state index is 0.164. The number of morpholine rings is 1. The van der Waals surface area contributed by atoms with E-state index in [9.17, 15) is 5.26 Å². The summed E-state index contributed by atoms with van der Waals surface area (Å²) in [7, 11) is 0. The summed E-state index contributed by atoms with van der Waals surface area (Å²) in [5.41, 5.74) is 2.55. The van der Waals surface area contributed by atoms with Crippen molar-refractivity contribution >= 4 is 16.6 Å². The number of ether oxygens (including phenoxy) is 1. The maximum atomic E-state index is 9.42. The molecule has 1 aromatic carbocycles. The number of benzene rings is 1. The molecule has 0 spiro atoms. The summed E-state index contributed by atoms with van der Waals surface area (Å²) in [5.74, 6) is 0. The number of nitrogens with zero attached hydrogens (tertiary/aromatic N) is 4. The SMILES string of the molecule is CC1CN(C[C@H]2CN(c3ccc(C#N)c4ncccc34)C[C@@H](C)O2)[C@H](C)CN1. The van der Waals surface area contributed by atoms with Crippen molar-refractivity contribution in [3.05, 3.63) is 36.0 Å². The van der Waals surface area contributed by atoms with Crippen molar-refractivity contribution in [2.45, 2.75) is 45.1 Å². The fraction of sp³-hybridized carbons (Fsp3) is 0.545. The molecule has 3 heterocycles. The third-order valence-electron chi connectivity index (χ3n) is 5.87. The number of fused-ring (bicyclic) bond motifs is 1. The van der Waals surface area contributed by atoms with E-state index in [2.05, 4.69) is 59.1 Å². The van der Waals surface area contributed by atoms with Crippen molar-refractivity contribution < 1.29 is 4.74 Å². The Labute approximate surface area is 167 Å². The molecule has 1 N–H and O–H groups in total. The van der Waals surface area contributed by atoms with E-state index in [1.807, 2.05) is 12.1 Å². The van der Waals surface area contributed by atoms with Gasteiger partial charge in [0.1, 0.15) is 6.07 Å². The van der Waals surface area contributed by atoms with Gasteiger partial charge in [-0.25, -0.2) is 0 Å². The molecule has 0 saturated carbocycles. The second kappa shape index (κ2) is 8.04. The number of nitrogens with one attached hydrogen (secondary N) is 1. The van der Waals surface area contributed by atoms with Crippen molar-refractivity contribution in [2.24, 2.45) is 0 Å². The molecule has 0 aliphatic carbocycles. The van der Waals surface area contributed by atoms with Gasteiger partial charge < -0.3 is 15.0 Å². The Balaban J connectivity index is 1.57. The Morgan fingerprint density at radius 2 is 2.07 bits per heavy atom. The standard InChI is InChI=1S/C22H29N5O/c1-15-11-26(16(2)10-25-15)13-19-14-27(12-17(3)28-19)21-7-6-18(9-23)22-20(21)5-4-8-24-22/h4-8,15-17,19,25H,10-14H2,1-3H3/t15?,16-,17-,19+/m1/s1.